The third-order valence-electron chi connectivity index (χ3n) is 2.36. The summed E-state index contributed by atoms with van der Waals surface area (Å²) in [6.07, 6.45) is 0. The molecule has 0 aliphatic carbocycles. The second kappa shape index (κ2) is 7.68. The van der Waals surface area contributed by atoms with Gasteiger partial charge >= 0.3 is 0 Å². The van der Waals surface area contributed by atoms with Crippen LogP contribution in [0.5, 0.6) is 5.75 Å². The number of likely N-dealkylation sites (N-methyl/N-ethyl adjacent to an activating group) is 1. The summed E-state index contributed by atoms with van der Waals surface area (Å²) in [5, 5.41) is 11.6. The third-order valence-corrected chi connectivity index (χ3v) is 2.36. The maximum atomic E-state index is 11.8. The number of amides is 1. The van der Waals surface area contributed by atoms with Gasteiger partial charge in [0.05, 0.1) is 25.4 Å². The Morgan fingerprint density at radius 2 is 2.17 bits per heavy atom. The van der Waals surface area contributed by atoms with Crippen molar-refractivity contribution >= 4 is 11.6 Å². The summed E-state index contributed by atoms with van der Waals surface area (Å²) in [4.78, 5) is 13.5. The minimum absolute atomic E-state index is 0.0410. The molecule has 1 rings (SSSR count). The lowest BCUT2D eigenvalue weighted by atomic mass is 10.3. The fraction of sp³-hybridized carbons (Fsp3) is 0.462. The predicted molar refractivity (Wildman–Crippen MR) is 70.8 cm³/mol. The van der Waals surface area contributed by atoms with E-state index in [9.17, 15) is 4.79 Å². The zero-order valence-electron chi connectivity index (χ0n) is 10.8. The highest BCUT2D eigenvalue weighted by molar-refractivity contribution is 5.93. The molecule has 0 fully saturated rings. The Morgan fingerprint density at radius 3 is 2.83 bits per heavy atom. The fourth-order valence-corrected chi connectivity index (χ4v) is 1.54. The molecule has 5 nitrogen and oxygen atoms in total. The Kier molecular flexibility index (Phi) is 6.18. The van der Waals surface area contributed by atoms with Crippen LogP contribution in [0.2, 0.25) is 0 Å². The number of aliphatic hydroxyl groups is 1. The van der Waals surface area contributed by atoms with Crippen LogP contribution >= 0.6 is 0 Å². The molecule has 0 saturated heterocycles. The molecule has 0 aliphatic rings. The van der Waals surface area contributed by atoms with E-state index in [2.05, 4.69) is 5.32 Å². The zero-order valence-corrected chi connectivity index (χ0v) is 10.8. The first-order chi connectivity index (χ1) is 8.67. The quantitative estimate of drug-likeness (QED) is 0.758. The van der Waals surface area contributed by atoms with Crippen LogP contribution in [0.15, 0.2) is 24.3 Å². The van der Waals surface area contributed by atoms with Gasteiger partial charge in [-0.1, -0.05) is 12.1 Å². The van der Waals surface area contributed by atoms with Crippen molar-refractivity contribution in [2.45, 2.75) is 6.92 Å². The van der Waals surface area contributed by atoms with E-state index in [0.29, 0.717) is 24.6 Å². The smallest absolute Gasteiger partial charge is 0.238 e. The Balaban J connectivity index is 2.58. The maximum absolute atomic E-state index is 11.8. The summed E-state index contributed by atoms with van der Waals surface area (Å²) in [7, 11) is 1.78. The van der Waals surface area contributed by atoms with Crippen molar-refractivity contribution in [2.24, 2.45) is 0 Å². The van der Waals surface area contributed by atoms with Gasteiger partial charge in [0, 0.05) is 6.54 Å². The molecule has 2 N–H and O–H groups in total. The first-order valence-electron chi connectivity index (χ1n) is 5.98. The summed E-state index contributed by atoms with van der Waals surface area (Å²) in [5.41, 5.74) is 0.668. The molecule has 0 spiro atoms. The van der Waals surface area contributed by atoms with Gasteiger partial charge < -0.3 is 15.2 Å². The van der Waals surface area contributed by atoms with Crippen molar-refractivity contribution in [2.75, 3.05) is 38.7 Å². The number of hydrogen-bond donors (Lipinski definition) is 2. The van der Waals surface area contributed by atoms with Gasteiger partial charge in [-0.25, -0.2) is 0 Å². The molecule has 5 heteroatoms. The Labute approximate surface area is 107 Å². The summed E-state index contributed by atoms with van der Waals surface area (Å²) >= 11 is 0. The lowest BCUT2D eigenvalue weighted by Crippen LogP contribution is -2.32. The maximum Gasteiger partial charge on any atom is 0.238 e. The lowest BCUT2D eigenvalue weighted by molar-refractivity contribution is -0.117. The van der Waals surface area contributed by atoms with Crippen LogP contribution in [0.25, 0.3) is 0 Å². The van der Waals surface area contributed by atoms with Gasteiger partial charge in [0.25, 0.3) is 0 Å². The van der Waals surface area contributed by atoms with E-state index in [-0.39, 0.29) is 19.1 Å². The molecule has 0 aliphatic heterocycles. The number of benzene rings is 1. The molecular weight excluding hydrogens is 232 g/mol. The number of carbonyl (C=O) groups is 1. The number of nitrogens with zero attached hydrogens (tertiary/aromatic N) is 1. The Morgan fingerprint density at radius 1 is 1.44 bits per heavy atom. The fourth-order valence-electron chi connectivity index (χ4n) is 1.54. The Bertz CT molecular complexity index is 382. The summed E-state index contributed by atoms with van der Waals surface area (Å²) < 4.78 is 5.42. The number of nitrogens with one attached hydrogen (secondary N) is 1. The minimum Gasteiger partial charge on any atom is -0.492 e. The van der Waals surface area contributed by atoms with E-state index in [4.69, 9.17) is 9.84 Å². The monoisotopic (exact) mass is 252 g/mol. The van der Waals surface area contributed by atoms with Gasteiger partial charge in [-0.05, 0) is 26.1 Å². The number of rotatable bonds is 7. The van der Waals surface area contributed by atoms with Gasteiger partial charge in [-0.15, -0.1) is 0 Å². The standard InChI is InChI=1S/C13H20N2O3/c1-3-18-12-7-5-4-6-11(12)14-13(17)10-15(2)8-9-16/h4-7,16H,3,8-10H2,1-2H3,(H,14,17). The van der Waals surface area contributed by atoms with E-state index >= 15 is 0 Å². The van der Waals surface area contributed by atoms with Crippen LogP contribution < -0.4 is 10.1 Å². The number of carbonyl (C=O) groups excluding carboxylic acids is 1. The molecule has 0 radical (unpaired) electrons. The molecule has 0 heterocycles. The molecular formula is C13H20N2O3. The molecule has 1 aromatic rings. The highest BCUT2D eigenvalue weighted by Gasteiger charge is 2.09. The second-order valence-corrected chi connectivity index (χ2v) is 3.94. The average molecular weight is 252 g/mol. The van der Waals surface area contributed by atoms with E-state index in [1.54, 1.807) is 18.0 Å². The van der Waals surface area contributed by atoms with Gasteiger partial charge in [0.15, 0.2) is 0 Å². The number of anilines is 1. The second-order valence-electron chi connectivity index (χ2n) is 3.94. The molecule has 0 aromatic heterocycles. The molecule has 0 bridgehead atoms. The highest BCUT2D eigenvalue weighted by atomic mass is 16.5. The largest absolute Gasteiger partial charge is 0.492 e. The molecule has 100 valence electrons. The van der Waals surface area contributed by atoms with Crippen molar-refractivity contribution in [1.29, 1.82) is 0 Å². The van der Waals surface area contributed by atoms with Crippen molar-refractivity contribution in [3.05, 3.63) is 24.3 Å². The predicted octanol–water partition coefficient (Wildman–Crippen LogP) is 0.948. The normalized spacial score (nSPS) is 10.4. The van der Waals surface area contributed by atoms with Gasteiger partial charge in [0.1, 0.15) is 5.75 Å². The molecule has 18 heavy (non-hydrogen) atoms. The van der Waals surface area contributed by atoms with Crippen LogP contribution in [-0.4, -0.2) is 49.3 Å². The van der Waals surface area contributed by atoms with Crippen molar-refractivity contribution in [3.8, 4) is 5.75 Å². The lowest BCUT2D eigenvalue weighted by Gasteiger charge is -2.16. The molecule has 0 saturated carbocycles. The first-order valence-corrected chi connectivity index (χ1v) is 5.98. The molecule has 0 atom stereocenters. The van der Waals surface area contributed by atoms with Gasteiger partial charge in [-0.3, -0.25) is 9.69 Å². The molecule has 0 unspecified atom stereocenters. The summed E-state index contributed by atoms with van der Waals surface area (Å²) in [6.45, 7) is 3.20. The summed E-state index contributed by atoms with van der Waals surface area (Å²) in [5.74, 6) is 0.538. The number of hydrogen-bond acceptors (Lipinski definition) is 4. The number of ether oxygens (including phenoxy) is 1. The molecule has 1 aromatic carbocycles. The minimum atomic E-state index is -0.127. The summed E-state index contributed by atoms with van der Waals surface area (Å²) in [6, 6.07) is 7.32. The first kappa shape index (κ1) is 14.5. The highest BCUT2D eigenvalue weighted by Crippen LogP contribution is 2.23. The van der Waals surface area contributed by atoms with Gasteiger partial charge in [-0.2, -0.15) is 0 Å². The van der Waals surface area contributed by atoms with Crippen LogP contribution in [0.1, 0.15) is 6.92 Å². The van der Waals surface area contributed by atoms with Crippen molar-refractivity contribution in [3.63, 3.8) is 0 Å². The van der Waals surface area contributed by atoms with Crippen molar-refractivity contribution < 1.29 is 14.6 Å². The SMILES string of the molecule is CCOc1ccccc1NC(=O)CN(C)CCO. The van der Waals surface area contributed by atoms with Crippen molar-refractivity contribution in [1.82, 2.24) is 4.90 Å². The number of para-hydroxylation sites is 2. The zero-order chi connectivity index (χ0) is 13.4. The van der Waals surface area contributed by atoms with Crippen LogP contribution in [0.4, 0.5) is 5.69 Å². The third kappa shape index (κ3) is 4.73. The van der Waals surface area contributed by atoms with Crippen LogP contribution in [-0.2, 0) is 4.79 Å². The average Bonchev–Trinajstić information content (AvgIpc) is 2.32. The van der Waals surface area contributed by atoms with Crippen LogP contribution in [0.3, 0.4) is 0 Å². The Hall–Kier alpha value is -1.59. The topological polar surface area (TPSA) is 61.8 Å². The van der Waals surface area contributed by atoms with Crippen LogP contribution in [0, 0.1) is 0 Å². The van der Waals surface area contributed by atoms with E-state index in [1.165, 1.54) is 0 Å². The van der Waals surface area contributed by atoms with E-state index in [0.717, 1.165) is 0 Å². The number of aliphatic hydroxyl groups excluding tert-OH is 1. The van der Waals surface area contributed by atoms with Gasteiger partial charge in [0.2, 0.25) is 5.91 Å². The molecule has 1 amide bonds. The van der Waals surface area contributed by atoms with E-state index in [1.807, 2.05) is 25.1 Å². The van der Waals surface area contributed by atoms with E-state index < -0.39 is 0 Å².